The van der Waals surface area contributed by atoms with Gasteiger partial charge in [0, 0.05) is 63.3 Å². The van der Waals surface area contributed by atoms with Crippen LogP contribution in [0.3, 0.4) is 0 Å². The van der Waals surface area contributed by atoms with Crippen molar-refractivity contribution in [1.82, 2.24) is 34.0 Å². The minimum atomic E-state index is 0.135. The van der Waals surface area contributed by atoms with Gasteiger partial charge < -0.3 is 19.3 Å². The van der Waals surface area contributed by atoms with Crippen LogP contribution in [0.5, 0.6) is 0 Å². The summed E-state index contributed by atoms with van der Waals surface area (Å²) >= 11 is 5.96. The number of carbonyl (C=O) groups excluding carboxylic acids is 1. The number of fused-ring (bicyclic) bond motifs is 1. The van der Waals surface area contributed by atoms with Gasteiger partial charge in [-0.25, -0.2) is 4.98 Å². The van der Waals surface area contributed by atoms with Crippen LogP contribution in [0.2, 0.25) is 5.02 Å². The maximum atomic E-state index is 12.8. The second-order valence-corrected chi connectivity index (χ2v) is 8.90. The topological polar surface area (TPSA) is 62.4 Å². The summed E-state index contributed by atoms with van der Waals surface area (Å²) in [6, 6.07) is 0. The number of hydrogen-bond donors (Lipinski definition) is 0. The minimum absolute atomic E-state index is 0.135. The number of likely N-dealkylation sites (tertiary alicyclic amines) is 2. The maximum Gasteiger partial charge on any atom is 0.242 e. The fourth-order valence-corrected chi connectivity index (χ4v) is 5.00. The van der Waals surface area contributed by atoms with Gasteiger partial charge in [0.05, 0.1) is 24.1 Å². The van der Waals surface area contributed by atoms with E-state index in [-0.39, 0.29) is 11.3 Å². The zero-order valence-electron chi connectivity index (χ0n) is 16.5. The predicted octanol–water partition coefficient (Wildman–Crippen LogP) is 0.755. The van der Waals surface area contributed by atoms with Crippen molar-refractivity contribution in [3.63, 3.8) is 0 Å². The monoisotopic (exact) mass is 405 g/mol. The normalized spacial score (nSPS) is 25.0. The van der Waals surface area contributed by atoms with Crippen molar-refractivity contribution in [2.24, 2.45) is 11.3 Å². The van der Waals surface area contributed by atoms with Gasteiger partial charge in [-0.1, -0.05) is 11.6 Å². The lowest BCUT2D eigenvalue weighted by Gasteiger charge is -2.32. The average molecular weight is 406 g/mol. The molecule has 2 fully saturated rings. The van der Waals surface area contributed by atoms with Crippen molar-refractivity contribution in [2.45, 2.75) is 13.1 Å². The molecule has 0 spiro atoms. The Balaban J connectivity index is 1.39. The van der Waals surface area contributed by atoms with Crippen LogP contribution >= 0.6 is 11.6 Å². The Bertz CT molecular complexity index is 805. The number of nitrogens with zero attached hydrogens (tertiary/aromatic N) is 7. The Hall–Kier alpha value is -1.90. The maximum absolute atomic E-state index is 12.8. The van der Waals surface area contributed by atoms with Crippen molar-refractivity contribution in [2.75, 3.05) is 53.4 Å². The fraction of sp³-hybridized carbons (Fsp3) is 0.632. The van der Waals surface area contributed by atoms with E-state index in [1.54, 1.807) is 18.7 Å². The second kappa shape index (κ2) is 7.85. The molecule has 2 aliphatic rings. The number of amides is 1. The zero-order valence-corrected chi connectivity index (χ0v) is 17.3. The van der Waals surface area contributed by atoms with E-state index in [4.69, 9.17) is 11.6 Å². The van der Waals surface area contributed by atoms with E-state index >= 15 is 0 Å². The lowest BCUT2D eigenvalue weighted by atomic mass is 9.80. The SMILES string of the molecule is CN(C)C[C@]12CN(CCn3cc(Cl)cn3)C[C@H]1CN(C(=O)Cn1ccnc1)C2. The highest BCUT2D eigenvalue weighted by Gasteiger charge is 2.53. The molecule has 0 aromatic carbocycles. The number of carbonyl (C=O) groups is 1. The van der Waals surface area contributed by atoms with Gasteiger partial charge in [-0.15, -0.1) is 0 Å². The van der Waals surface area contributed by atoms with E-state index < -0.39 is 0 Å². The number of aromatic nitrogens is 4. The summed E-state index contributed by atoms with van der Waals surface area (Å²) in [5, 5.41) is 4.95. The first kappa shape index (κ1) is 19.4. The summed E-state index contributed by atoms with van der Waals surface area (Å²) in [6.07, 6.45) is 8.80. The lowest BCUT2D eigenvalue weighted by molar-refractivity contribution is -0.131. The molecule has 0 radical (unpaired) electrons. The minimum Gasteiger partial charge on any atom is -0.340 e. The van der Waals surface area contributed by atoms with Gasteiger partial charge in [0.25, 0.3) is 0 Å². The fourth-order valence-electron chi connectivity index (χ4n) is 4.85. The van der Waals surface area contributed by atoms with Gasteiger partial charge in [-0.3, -0.25) is 9.48 Å². The third kappa shape index (κ3) is 4.09. The third-order valence-electron chi connectivity index (χ3n) is 5.94. The smallest absolute Gasteiger partial charge is 0.242 e. The summed E-state index contributed by atoms with van der Waals surface area (Å²) in [7, 11) is 4.24. The molecule has 0 bridgehead atoms. The number of imidazole rings is 1. The molecule has 0 unspecified atom stereocenters. The van der Waals surface area contributed by atoms with Crippen LogP contribution in [0.25, 0.3) is 0 Å². The summed E-state index contributed by atoms with van der Waals surface area (Å²) < 4.78 is 3.74. The molecule has 8 nitrogen and oxygen atoms in total. The van der Waals surface area contributed by atoms with E-state index in [0.717, 1.165) is 45.8 Å². The number of rotatable bonds is 7. The molecule has 28 heavy (non-hydrogen) atoms. The molecule has 4 rings (SSSR count). The first-order chi connectivity index (χ1) is 13.4. The lowest BCUT2D eigenvalue weighted by Crippen LogP contribution is -2.43. The third-order valence-corrected chi connectivity index (χ3v) is 6.13. The molecule has 2 aliphatic heterocycles. The molecule has 4 heterocycles. The first-order valence-electron chi connectivity index (χ1n) is 9.72. The van der Waals surface area contributed by atoms with E-state index in [9.17, 15) is 4.79 Å². The predicted molar refractivity (Wildman–Crippen MR) is 107 cm³/mol. The van der Waals surface area contributed by atoms with Crippen LogP contribution < -0.4 is 0 Å². The van der Waals surface area contributed by atoms with Crippen LogP contribution in [0.15, 0.2) is 31.1 Å². The summed E-state index contributed by atoms with van der Waals surface area (Å²) in [5.41, 5.74) is 0.135. The molecular weight excluding hydrogens is 378 g/mol. The Labute approximate surface area is 170 Å². The van der Waals surface area contributed by atoms with E-state index in [2.05, 4.69) is 38.9 Å². The molecule has 0 saturated carbocycles. The van der Waals surface area contributed by atoms with Gasteiger partial charge in [-0.05, 0) is 20.0 Å². The van der Waals surface area contributed by atoms with Gasteiger partial charge in [0.1, 0.15) is 6.54 Å². The summed E-state index contributed by atoms with van der Waals surface area (Å²) in [6.45, 7) is 6.86. The molecule has 0 aliphatic carbocycles. The van der Waals surface area contributed by atoms with Crippen molar-refractivity contribution >= 4 is 17.5 Å². The molecule has 9 heteroatoms. The van der Waals surface area contributed by atoms with E-state index in [0.29, 0.717) is 17.5 Å². The summed E-state index contributed by atoms with van der Waals surface area (Å²) in [5.74, 6) is 0.686. The number of halogens is 1. The van der Waals surface area contributed by atoms with Gasteiger partial charge >= 0.3 is 0 Å². The quantitative estimate of drug-likeness (QED) is 0.680. The molecule has 1 amide bonds. The van der Waals surface area contributed by atoms with E-state index in [1.807, 2.05) is 21.6 Å². The molecule has 2 saturated heterocycles. The van der Waals surface area contributed by atoms with Crippen LogP contribution in [0.4, 0.5) is 0 Å². The highest BCUT2D eigenvalue weighted by atomic mass is 35.5. The van der Waals surface area contributed by atoms with Crippen molar-refractivity contribution in [1.29, 1.82) is 0 Å². The summed E-state index contributed by atoms with van der Waals surface area (Å²) in [4.78, 5) is 23.7. The van der Waals surface area contributed by atoms with Gasteiger partial charge in [0.15, 0.2) is 0 Å². The Kier molecular flexibility index (Phi) is 5.44. The van der Waals surface area contributed by atoms with Crippen LogP contribution in [0, 0.1) is 11.3 Å². The van der Waals surface area contributed by atoms with Crippen molar-refractivity contribution in [3.05, 3.63) is 36.1 Å². The average Bonchev–Trinajstić information content (AvgIpc) is 3.37. The molecular formula is C19H28ClN7O. The van der Waals surface area contributed by atoms with Gasteiger partial charge in [-0.2, -0.15) is 5.10 Å². The second-order valence-electron chi connectivity index (χ2n) is 8.46. The zero-order chi connectivity index (χ0) is 19.7. The van der Waals surface area contributed by atoms with Crippen LogP contribution in [0.1, 0.15) is 0 Å². The number of hydrogen-bond acceptors (Lipinski definition) is 5. The van der Waals surface area contributed by atoms with Crippen LogP contribution in [-0.2, 0) is 17.9 Å². The molecule has 2 atom stereocenters. The van der Waals surface area contributed by atoms with Crippen LogP contribution in [-0.4, -0.2) is 93.3 Å². The largest absolute Gasteiger partial charge is 0.340 e. The first-order valence-corrected chi connectivity index (χ1v) is 10.1. The Morgan fingerprint density at radius 3 is 2.86 bits per heavy atom. The van der Waals surface area contributed by atoms with E-state index in [1.165, 1.54) is 0 Å². The highest BCUT2D eigenvalue weighted by Crippen LogP contribution is 2.43. The molecule has 152 valence electrons. The van der Waals surface area contributed by atoms with Crippen molar-refractivity contribution < 1.29 is 4.79 Å². The molecule has 2 aromatic heterocycles. The Morgan fingerprint density at radius 1 is 1.32 bits per heavy atom. The van der Waals surface area contributed by atoms with Gasteiger partial charge in [0.2, 0.25) is 5.91 Å². The standard InChI is InChI=1S/C19H28ClN7O/c1-23(2)12-19-13-24(5-6-27-10-17(20)7-22-27)8-16(19)9-26(14-19)18(28)11-25-4-3-21-15-25/h3-4,7,10,15-16H,5-6,8-9,11-14H2,1-2H3/t16-,19+/m0/s1. The highest BCUT2D eigenvalue weighted by molar-refractivity contribution is 6.30. The molecule has 2 aromatic rings. The Morgan fingerprint density at radius 2 is 2.18 bits per heavy atom. The van der Waals surface area contributed by atoms with Crippen molar-refractivity contribution in [3.8, 4) is 0 Å². The molecule has 0 N–H and O–H groups in total.